The smallest absolute Gasteiger partial charge is 0.320 e. The number of likely N-dealkylation sites (N-methyl/N-ethyl adjacent to an activating group) is 2. The standard InChI is InChI=1S/C24H35FN4O/c1-7-28(23(30)29-14-12-27(6)13-15-29)11-10-17(2)22-21(24(3,4)5)19-9-8-18(25)16-20(19)26-22/h8-10,16,26H,7,11-15H2,1-6H3. The van der Waals surface area contributed by atoms with Gasteiger partial charge in [-0.3, -0.25) is 0 Å². The van der Waals surface area contributed by atoms with Gasteiger partial charge < -0.3 is 19.7 Å². The van der Waals surface area contributed by atoms with Gasteiger partial charge in [0.2, 0.25) is 0 Å². The van der Waals surface area contributed by atoms with Crippen molar-refractivity contribution in [2.75, 3.05) is 46.3 Å². The Morgan fingerprint density at radius 3 is 2.50 bits per heavy atom. The van der Waals surface area contributed by atoms with Gasteiger partial charge in [0.25, 0.3) is 0 Å². The third kappa shape index (κ3) is 4.69. The van der Waals surface area contributed by atoms with Crippen LogP contribution in [0.25, 0.3) is 16.5 Å². The molecular formula is C24H35FN4O. The zero-order chi connectivity index (χ0) is 22.1. The van der Waals surface area contributed by atoms with E-state index in [0.717, 1.165) is 48.3 Å². The summed E-state index contributed by atoms with van der Waals surface area (Å²) in [5.41, 5.74) is 3.98. The van der Waals surface area contributed by atoms with Crippen LogP contribution in [0.1, 0.15) is 45.9 Å². The molecule has 0 saturated carbocycles. The SMILES string of the molecule is CCN(CC=C(C)c1[nH]c2cc(F)ccc2c1C(C)(C)C)C(=O)N1CCN(C)CC1. The lowest BCUT2D eigenvalue weighted by atomic mass is 9.83. The highest BCUT2D eigenvalue weighted by atomic mass is 19.1. The van der Waals surface area contributed by atoms with Crippen molar-refractivity contribution < 1.29 is 9.18 Å². The van der Waals surface area contributed by atoms with E-state index in [9.17, 15) is 9.18 Å². The minimum atomic E-state index is -0.243. The maximum Gasteiger partial charge on any atom is 0.320 e. The van der Waals surface area contributed by atoms with Gasteiger partial charge in [-0.15, -0.1) is 0 Å². The average Bonchev–Trinajstić information content (AvgIpc) is 3.07. The van der Waals surface area contributed by atoms with Crippen LogP contribution in [0.2, 0.25) is 0 Å². The number of aromatic nitrogens is 1. The number of H-pyrrole nitrogens is 1. The number of benzene rings is 1. The number of fused-ring (bicyclic) bond motifs is 1. The number of nitrogens with one attached hydrogen (secondary N) is 1. The molecule has 1 aromatic carbocycles. The summed E-state index contributed by atoms with van der Waals surface area (Å²) in [4.78, 5) is 22.4. The van der Waals surface area contributed by atoms with Crippen LogP contribution >= 0.6 is 0 Å². The van der Waals surface area contributed by atoms with Crippen molar-refractivity contribution in [1.29, 1.82) is 0 Å². The Morgan fingerprint density at radius 1 is 1.23 bits per heavy atom. The number of carbonyl (C=O) groups excluding carboxylic acids is 1. The molecule has 1 N–H and O–H groups in total. The first-order chi connectivity index (χ1) is 14.1. The molecule has 0 unspecified atom stereocenters. The first-order valence-electron chi connectivity index (χ1n) is 10.8. The van der Waals surface area contributed by atoms with Gasteiger partial charge in [-0.2, -0.15) is 0 Å². The molecule has 3 rings (SSSR count). The highest BCUT2D eigenvalue weighted by molar-refractivity contribution is 5.90. The van der Waals surface area contributed by atoms with Crippen LogP contribution in [-0.4, -0.2) is 72.0 Å². The molecule has 0 aliphatic carbocycles. The van der Waals surface area contributed by atoms with Crippen molar-refractivity contribution in [2.45, 2.75) is 40.0 Å². The summed E-state index contributed by atoms with van der Waals surface area (Å²) in [5, 5.41) is 1.05. The molecule has 0 atom stereocenters. The largest absolute Gasteiger partial charge is 0.354 e. The van der Waals surface area contributed by atoms with Crippen LogP contribution in [0.4, 0.5) is 9.18 Å². The first-order valence-corrected chi connectivity index (χ1v) is 10.8. The number of hydrogen-bond donors (Lipinski definition) is 1. The number of aromatic amines is 1. The van der Waals surface area contributed by atoms with E-state index < -0.39 is 0 Å². The number of hydrogen-bond acceptors (Lipinski definition) is 2. The highest BCUT2D eigenvalue weighted by Gasteiger charge is 2.25. The van der Waals surface area contributed by atoms with Crippen LogP contribution in [-0.2, 0) is 5.41 Å². The van der Waals surface area contributed by atoms with Gasteiger partial charge >= 0.3 is 6.03 Å². The Hall–Kier alpha value is -2.34. The third-order valence-corrected chi connectivity index (χ3v) is 5.95. The number of allylic oxidation sites excluding steroid dienone is 1. The van der Waals surface area contributed by atoms with E-state index in [0.29, 0.717) is 13.1 Å². The van der Waals surface area contributed by atoms with Gasteiger partial charge in [-0.1, -0.05) is 26.8 Å². The Balaban J connectivity index is 1.85. The molecule has 1 fully saturated rings. The zero-order valence-electron chi connectivity index (χ0n) is 19.2. The van der Waals surface area contributed by atoms with Crippen LogP contribution in [0.15, 0.2) is 24.3 Å². The second kappa shape index (κ2) is 8.80. The van der Waals surface area contributed by atoms with Crippen LogP contribution in [0.5, 0.6) is 0 Å². The Labute approximate surface area is 179 Å². The quantitative estimate of drug-likeness (QED) is 0.788. The monoisotopic (exact) mass is 414 g/mol. The van der Waals surface area contributed by atoms with E-state index in [1.807, 2.05) is 22.8 Å². The van der Waals surface area contributed by atoms with Gasteiger partial charge in [0.15, 0.2) is 0 Å². The molecule has 1 aliphatic rings. The van der Waals surface area contributed by atoms with E-state index in [1.165, 1.54) is 11.6 Å². The molecule has 164 valence electrons. The zero-order valence-corrected chi connectivity index (χ0v) is 19.2. The number of amides is 2. The van der Waals surface area contributed by atoms with E-state index >= 15 is 0 Å². The predicted molar refractivity (Wildman–Crippen MR) is 122 cm³/mol. The molecular weight excluding hydrogens is 379 g/mol. The van der Waals surface area contributed by atoms with Crippen LogP contribution < -0.4 is 0 Å². The second-order valence-electron chi connectivity index (χ2n) is 9.31. The number of halogens is 1. The summed E-state index contributed by atoms with van der Waals surface area (Å²) in [6, 6.07) is 5.02. The molecule has 30 heavy (non-hydrogen) atoms. The Bertz CT molecular complexity index is 933. The van der Waals surface area contributed by atoms with Crippen molar-refractivity contribution in [3.8, 4) is 0 Å². The summed E-state index contributed by atoms with van der Waals surface area (Å²) >= 11 is 0. The lowest BCUT2D eigenvalue weighted by Crippen LogP contribution is -2.51. The first kappa shape index (κ1) is 22.3. The number of urea groups is 1. The number of carbonyl (C=O) groups is 1. The van der Waals surface area contributed by atoms with Crippen LogP contribution in [0, 0.1) is 5.82 Å². The Morgan fingerprint density at radius 2 is 1.90 bits per heavy atom. The number of nitrogens with zero attached hydrogens (tertiary/aromatic N) is 3. The topological polar surface area (TPSA) is 42.6 Å². The molecule has 0 bridgehead atoms. The van der Waals surface area contributed by atoms with Gasteiger partial charge in [-0.05, 0) is 55.6 Å². The summed E-state index contributed by atoms with van der Waals surface area (Å²) in [7, 11) is 2.09. The normalized spacial score (nSPS) is 16.4. The van der Waals surface area contributed by atoms with E-state index in [4.69, 9.17) is 0 Å². The summed E-state index contributed by atoms with van der Waals surface area (Å²) < 4.78 is 13.8. The second-order valence-corrected chi connectivity index (χ2v) is 9.31. The van der Waals surface area contributed by atoms with Crippen molar-refractivity contribution in [3.63, 3.8) is 0 Å². The maximum absolute atomic E-state index is 13.8. The lowest BCUT2D eigenvalue weighted by Gasteiger charge is -2.35. The maximum atomic E-state index is 13.8. The number of rotatable bonds is 4. The van der Waals surface area contributed by atoms with Gasteiger partial charge in [0.1, 0.15) is 5.82 Å². The molecule has 2 amide bonds. The Kier molecular flexibility index (Phi) is 6.56. The third-order valence-electron chi connectivity index (χ3n) is 5.95. The predicted octanol–water partition coefficient (Wildman–Crippen LogP) is 4.70. The molecule has 0 radical (unpaired) electrons. The minimum Gasteiger partial charge on any atom is -0.354 e. The summed E-state index contributed by atoms with van der Waals surface area (Å²) in [6.45, 7) is 15.2. The van der Waals surface area contributed by atoms with Crippen molar-refractivity contribution in [2.24, 2.45) is 0 Å². The fourth-order valence-electron chi connectivity index (χ4n) is 4.13. The number of piperazine rings is 1. The molecule has 1 aliphatic heterocycles. The molecule has 5 nitrogen and oxygen atoms in total. The molecule has 0 spiro atoms. The van der Waals surface area contributed by atoms with Gasteiger partial charge in [0.05, 0.1) is 0 Å². The van der Waals surface area contributed by atoms with Crippen LogP contribution in [0.3, 0.4) is 0 Å². The molecule has 2 heterocycles. The van der Waals surface area contributed by atoms with Gasteiger partial charge in [-0.25, -0.2) is 9.18 Å². The molecule has 2 aromatic rings. The summed E-state index contributed by atoms with van der Waals surface area (Å²) in [5.74, 6) is -0.243. The molecule has 1 aromatic heterocycles. The lowest BCUT2D eigenvalue weighted by molar-refractivity contribution is 0.127. The molecule has 6 heteroatoms. The minimum absolute atomic E-state index is 0.0966. The van der Waals surface area contributed by atoms with Gasteiger partial charge in [0, 0.05) is 55.9 Å². The van der Waals surface area contributed by atoms with E-state index in [2.05, 4.69) is 50.7 Å². The summed E-state index contributed by atoms with van der Waals surface area (Å²) in [6.07, 6.45) is 2.10. The average molecular weight is 415 g/mol. The van der Waals surface area contributed by atoms with Crippen molar-refractivity contribution >= 4 is 22.5 Å². The van der Waals surface area contributed by atoms with Crippen molar-refractivity contribution in [1.82, 2.24) is 19.7 Å². The van der Waals surface area contributed by atoms with E-state index in [1.54, 1.807) is 6.07 Å². The molecule has 1 saturated heterocycles. The van der Waals surface area contributed by atoms with Crippen molar-refractivity contribution in [3.05, 3.63) is 41.3 Å². The fraction of sp³-hybridized carbons (Fsp3) is 0.542. The fourth-order valence-corrected chi connectivity index (χ4v) is 4.13. The highest BCUT2D eigenvalue weighted by Crippen LogP contribution is 2.36. The van der Waals surface area contributed by atoms with E-state index in [-0.39, 0.29) is 17.3 Å².